The number of hydrogen-bond donors (Lipinski definition) is 1. The van der Waals surface area contributed by atoms with Crippen molar-refractivity contribution in [3.63, 3.8) is 0 Å². The number of likely N-dealkylation sites (N-methyl/N-ethyl adjacent to an activating group) is 1. The van der Waals surface area contributed by atoms with Crippen LogP contribution in [0.4, 0.5) is 5.69 Å². The average molecular weight is 436 g/mol. The predicted molar refractivity (Wildman–Crippen MR) is 125 cm³/mol. The van der Waals surface area contributed by atoms with Crippen molar-refractivity contribution in [1.29, 1.82) is 0 Å². The lowest BCUT2D eigenvalue weighted by atomic mass is 9.84. The molecule has 1 amide bonds. The highest BCUT2D eigenvalue weighted by molar-refractivity contribution is 5.95. The summed E-state index contributed by atoms with van der Waals surface area (Å²) in [5.41, 5.74) is 1.75. The Morgan fingerprint density at radius 1 is 1.06 bits per heavy atom. The molecule has 1 spiro atoms. The van der Waals surface area contributed by atoms with Crippen LogP contribution in [0, 0.1) is 5.41 Å². The Labute approximate surface area is 190 Å². The van der Waals surface area contributed by atoms with Crippen LogP contribution in [0.15, 0.2) is 54.6 Å². The monoisotopic (exact) mass is 435 g/mol. The van der Waals surface area contributed by atoms with Gasteiger partial charge in [0.05, 0.1) is 5.56 Å². The minimum Gasteiger partial charge on any atom is -0.457 e. The number of esters is 1. The second-order valence-electron chi connectivity index (χ2n) is 9.92. The number of piperidine rings is 1. The number of benzene rings is 2. The van der Waals surface area contributed by atoms with Gasteiger partial charge in [-0.3, -0.25) is 4.79 Å². The second kappa shape index (κ2) is 8.58. The highest BCUT2D eigenvalue weighted by Crippen LogP contribution is 2.46. The van der Waals surface area contributed by atoms with Crippen molar-refractivity contribution in [2.45, 2.75) is 51.9 Å². The van der Waals surface area contributed by atoms with Crippen molar-refractivity contribution < 1.29 is 14.3 Å². The molecule has 2 aliphatic rings. The summed E-state index contributed by atoms with van der Waals surface area (Å²) in [5.74, 6) is -0.163. The molecule has 1 N–H and O–H groups in total. The van der Waals surface area contributed by atoms with E-state index in [9.17, 15) is 9.59 Å². The number of rotatable bonds is 4. The maximum absolute atomic E-state index is 13.5. The minimum atomic E-state index is -0.548. The molecule has 2 saturated heterocycles. The lowest BCUT2D eigenvalue weighted by molar-refractivity contribution is -0.133. The normalized spacial score (nSPS) is 20.6. The van der Waals surface area contributed by atoms with Crippen molar-refractivity contribution >= 4 is 17.6 Å². The molecule has 1 unspecified atom stereocenters. The number of ether oxygens (including phenoxy) is 1. The summed E-state index contributed by atoms with van der Waals surface area (Å²) in [5, 5.41) is 3.39. The summed E-state index contributed by atoms with van der Waals surface area (Å²) in [4.78, 5) is 30.3. The first-order valence-electron chi connectivity index (χ1n) is 11.3. The maximum atomic E-state index is 13.5. The van der Waals surface area contributed by atoms with Crippen molar-refractivity contribution in [3.8, 4) is 0 Å². The fraction of sp³-hybridized carbons (Fsp3) is 0.462. The van der Waals surface area contributed by atoms with E-state index >= 15 is 0 Å². The van der Waals surface area contributed by atoms with Gasteiger partial charge in [-0.25, -0.2) is 4.79 Å². The lowest BCUT2D eigenvalue weighted by Gasteiger charge is -2.46. The van der Waals surface area contributed by atoms with Gasteiger partial charge in [-0.1, -0.05) is 51.1 Å². The fourth-order valence-corrected chi connectivity index (χ4v) is 5.17. The number of hydrogen-bond acceptors (Lipinski definition) is 5. The van der Waals surface area contributed by atoms with Gasteiger partial charge in [0.15, 0.2) is 0 Å². The number of amides is 1. The molecule has 2 aliphatic heterocycles. The van der Waals surface area contributed by atoms with E-state index in [1.165, 1.54) is 0 Å². The average Bonchev–Trinajstić information content (AvgIpc) is 3.01. The van der Waals surface area contributed by atoms with Crippen LogP contribution in [0.2, 0.25) is 0 Å². The van der Waals surface area contributed by atoms with E-state index in [4.69, 9.17) is 4.74 Å². The first-order valence-corrected chi connectivity index (χ1v) is 11.3. The van der Waals surface area contributed by atoms with E-state index in [1.807, 2.05) is 54.4 Å². The Hall–Kier alpha value is -2.86. The van der Waals surface area contributed by atoms with Crippen LogP contribution in [0.5, 0.6) is 0 Å². The predicted octanol–water partition coefficient (Wildman–Crippen LogP) is 3.82. The summed E-state index contributed by atoms with van der Waals surface area (Å²) in [6.45, 7) is 8.39. The molecule has 2 fully saturated rings. The molecule has 0 radical (unpaired) electrons. The van der Waals surface area contributed by atoms with E-state index in [0.29, 0.717) is 5.56 Å². The van der Waals surface area contributed by atoms with Gasteiger partial charge >= 0.3 is 5.97 Å². The van der Waals surface area contributed by atoms with Crippen molar-refractivity contribution in [1.82, 2.24) is 10.2 Å². The fourth-order valence-electron chi connectivity index (χ4n) is 5.17. The van der Waals surface area contributed by atoms with E-state index in [2.05, 4.69) is 31.0 Å². The van der Waals surface area contributed by atoms with Crippen LogP contribution >= 0.6 is 0 Å². The van der Waals surface area contributed by atoms with E-state index < -0.39 is 5.54 Å². The zero-order valence-corrected chi connectivity index (χ0v) is 19.4. The highest BCUT2D eigenvalue weighted by atomic mass is 16.5. The van der Waals surface area contributed by atoms with Crippen molar-refractivity contribution in [3.05, 3.63) is 65.7 Å². The van der Waals surface area contributed by atoms with Gasteiger partial charge in [0.1, 0.15) is 18.3 Å². The third-order valence-corrected chi connectivity index (χ3v) is 6.59. The van der Waals surface area contributed by atoms with E-state index in [-0.39, 0.29) is 30.1 Å². The standard InChI is InChI=1S/C26H33N3O3/c1-25(2,3)23-28(4)24(31)26(14-16-27-17-15-26)29(23)21-12-10-20(11-13-21)22(30)32-18-19-8-6-5-7-9-19/h5-13,23,27H,14-18H2,1-4H3. The smallest absolute Gasteiger partial charge is 0.338 e. The van der Waals surface area contributed by atoms with Gasteiger partial charge in [0.2, 0.25) is 5.91 Å². The summed E-state index contributed by atoms with van der Waals surface area (Å²) in [6, 6.07) is 17.2. The van der Waals surface area contributed by atoms with Gasteiger partial charge in [-0.2, -0.15) is 0 Å². The summed E-state index contributed by atoms with van der Waals surface area (Å²) >= 11 is 0. The number of carbonyl (C=O) groups is 2. The van der Waals surface area contributed by atoms with Crippen LogP contribution < -0.4 is 10.2 Å². The summed E-state index contributed by atoms with van der Waals surface area (Å²) in [6.07, 6.45) is 1.47. The first kappa shape index (κ1) is 22.3. The third kappa shape index (κ3) is 3.99. The molecular weight excluding hydrogens is 402 g/mol. The second-order valence-corrected chi connectivity index (χ2v) is 9.92. The zero-order valence-electron chi connectivity index (χ0n) is 19.4. The number of nitrogens with zero attached hydrogens (tertiary/aromatic N) is 2. The molecule has 0 saturated carbocycles. The molecule has 4 rings (SSSR count). The lowest BCUT2D eigenvalue weighted by Crippen LogP contribution is -2.58. The molecule has 32 heavy (non-hydrogen) atoms. The largest absolute Gasteiger partial charge is 0.457 e. The Morgan fingerprint density at radius 2 is 1.69 bits per heavy atom. The SMILES string of the molecule is CN1C(=O)C2(CCNCC2)N(c2ccc(C(=O)OCc3ccccc3)cc2)C1C(C)(C)C. The van der Waals surface area contributed by atoms with Gasteiger partial charge in [-0.05, 0) is 55.8 Å². The van der Waals surface area contributed by atoms with Crippen molar-refractivity contribution in [2.24, 2.45) is 5.41 Å². The topological polar surface area (TPSA) is 61.9 Å². The number of carbonyl (C=O) groups excluding carboxylic acids is 2. The summed E-state index contributed by atoms with van der Waals surface area (Å²) in [7, 11) is 1.91. The van der Waals surface area contributed by atoms with Gasteiger partial charge in [0.25, 0.3) is 0 Å². The molecule has 2 aromatic carbocycles. The quantitative estimate of drug-likeness (QED) is 0.740. The van der Waals surface area contributed by atoms with Gasteiger partial charge in [-0.15, -0.1) is 0 Å². The molecule has 6 heteroatoms. The Morgan fingerprint density at radius 3 is 2.28 bits per heavy atom. The molecule has 0 bridgehead atoms. The van der Waals surface area contributed by atoms with Crippen LogP contribution in [0.25, 0.3) is 0 Å². The van der Waals surface area contributed by atoms with Gasteiger partial charge < -0.3 is 19.9 Å². The molecule has 2 heterocycles. The third-order valence-electron chi connectivity index (χ3n) is 6.59. The minimum absolute atomic E-state index is 0.0658. The molecule has 170 valence electrons. The van der Waals surface area contributed by atoms with Crippen LogP contribution in [0.3, 0.4) is 0 Å². The van der Waals surface area contributed by atoms with E-state index in [1.54, 1.807) is 12.1 Å². The molecular formula is C26H33N3O3. The molecule has 2 aromatic rings. The highest BCUT2D eigenvalue weighted by Gasteiger charge is 2.58. The number of nitrogens with one attached hydrogen (secondary N) is 1. The maximum Gasteiger partial charge on any atom is 0.338 e. The van der Waals surface area contributed by atoms with E-state index in [0.717, 1.165) is 37.2 Å². The van der Waals surface area contributed by atoms with Crippen LogP contribution in [-0.2, 0) is 16.1 Å². The van der Waals surface area contributed by atoms with Crippen LogP contribution in [-0.4, -0.2) is 48.6 Å². The first-order chi connectivity index (χ1) is 15.2. The molecule has 0 aliphatic carbocycles. The molecule has 1 atom stereocenters. The molecule has 0 aromatic heterocycles. The van der Waals surface area contributed by atoms with Crippen LogP contribution in [0.1, 0.15) is 49.5 Å². The van der Waals surface area contributed by atoms with Gasteiger partial charge in [0, 0.05) is 18.2 Å². The Kier molecular flexibility index (Phi) is 5.99. The Balaban J connectivity index is 1.60. The molecule has 6 nitrogen and oxygen atoms in total. The van der Waals surface area contributed by atoms with Crippen molar-refractivity contribution in [2.75, 3.05) is 25.0 Å². The summed E-state index contributed by atoms with van der Waals surface area (Å²) < 4.78 is 5.48. The number of anilines is 1. The Bertz CT molecular complexity index is 960. The zero-order chi connectivity index (χ0) is 22.9.